The standard InChI is InChI=1S/C26H29ClFN5O5/c1-26(2,3)38-25(35)33-9-8-14(10-19(33)23(29)34)37-21-11-15-18(12-20(21)36-4)30-13-31-24(15)32-17-7-5-6-16(27)22(17)28/h5-7,11-14,19H,8-10H2,1-4H3,(H2,29,34)(H,30,31,32)/t14-,19-/m1/s1. The van der Waals surface area contributed by atoms with E-state index in [9.17, 15) is 14.0 Å². The summed E-state index contributed by atoms with van der Waals surface area (Å²) in [7, 11) is 1.49. The van der Waals surface area contributed by atoms with E-state index >= 15 is 0 Å². The summed E-state index contributed by atoms with van der Waals surface area (Å²) >= 11 is 5.92. The zero-order valence-corrected chi connectivity index (χ0v) is 22.2. The largest absolute Gasteiger partial charge is 0.493 e. The van der Waals surface area contributed by atoms with Gasteiger partial charge in [-0.2, -0.15) is 0 Å². The lowest BCUT2D eigenvalue weighted by molar-refractivity contribution is -0.125. The summed E-state index contributed by atoms with van der Waals surface area (Å²) in [5.74, 6) is -0.165. The average molecular weight is 546 g/mol. The quantitative estimate of drug-likeness (QED) is 0.451. The molecule has 2 aromatic carbocycles. The molecule has 0 unspecified atom stereocenters. The predicted octanol–water partition coefficient (Wildman–Crippen LogP) is 4.81. The predicted molar refractivity (Wildman–Crippen MR) is 140 cm³/mol. The van der Waals surface area contributed by atoms with E-state index in [1.165, 1.54) is 24.4 Å². The molecule has 1 aliphatic heterocycles. The molecule has 0 saturated carbocycles. The highest BCUT2D eigenvalue weighted by Crippen LogP contribution is 2.37. The number of halogens is 2. The van der Waals surface area contributed by atoms with Crippen molar-refractivity contribution in [2.45, 2.75) is 51.4 Å². The van der Waals surface area contributed by atoms with Crippen LogP contribution in [-0.2, 0) is 9.53 Å². The van der Waals surface area contributed by atoms with Crippen LogP contribution in [-0.4, -0.2) is 58.3 Å². The maximum absolute atomic E-state index is 14.5. The number of anilines is 2. The van der Waals surface area contributed by atoms with Crippen molar-refractivity contribution in [1.29, 1.82) is 0 Å². The molecule has 10 nitrogen and oxygen atoms in total. The Kier molecular flexibility index (Phi) is 7.77. The minimum Gasteiger partial charge on any atom is -0.493 e. The van der Waals surface area contributed by atoms with Gasteiger partial charge in [0.1, 0.15) is 29.9 Å². The molecular formula is C26H29ClFN5O5. The van der Waals surface area contributed by atoms with Gasteiger partial charge in [0, 0.05) is 30.8 Å². The highest BCUT2D eigenvalue weighted by atomic mass is 35.5. The molecule has 2 heterocycles. The Morgan fingerprint density at radius 2 is 1.97 bits per heavy atom. The van der Waals surface area contributed by atoms with E-state index in [0.717, 1.165) is 0 Å². The fourth-order valence-corrected chi connectivity index (χ4v) is 4.35. The number of carbonyl (C=O) groups excluding carboxylic acids is 2. The lowest BCUT2D eigenvalue weighted by atomic mass is 9.99. The number of ether oxygens (including phenoxy) is 3. The van der Waals surface area contributed by atoms with Crippen molar-refractivity contribution in [3.8, 4) is 11.5 Å². The number of benzene rings is 2. The zero-order chi connectivity index (χ0) is 27.6. The summed E-state index contributed by atoms with van der Waals surface area (Å²) in [6.07, 6.45) is 0.874. The fraction of sp³-hybridized carbons (Fsp3) is 0.385. The molecule has 0 bridgehead atoms. The second-order valence-electron chi connectivity index (χ2n) is 9.83. The second kappa shape index (κ2) is 10.9. The molecule has 4 rings (SSSR count). The molecule has 0 aliphatic carbocycles. The number of fused-ring (bicyclic) bond motifs is 1. The van der Waals surface area contributed by atoms with Gasteiger partial charge in [0.2, 0.25) is 5.91 Å². The van der Waals surface area contributed by atoms with Crippen LogP contribution in [0.5, 0.6) is 11.5 Å². The average Bonchev–Trinajstić information content (AvgIpc) is 2.85. The minimum atomic E-state index is -0.901. The van der Waals surface area contributed by atoms with Gasteiger partial charge in [0.05, 0.1) is 23.3 Å². The molecular weight excluding hydrogens is 517 g/mol. The summed E-state index contributed by atoms with van der Waals surface area (Å²) in [5, 5.41) is 3.47. The highest BCUT2D eigenvalue weighted by molar-refractivity contribution is 6.31. The van der Waals surface area contributed by atoms with Crippen molar-refractivity contribution < 1.29 is 28.2 Å². The van der Waals surface area contributed by atoms with Gasteiger partial charge < -0.3 is 25.3 Å². The van der Waals surface area contributed by atoms with Crippen LogP contribution in [0.15, 0.2) is 36.7 Å². The number of nitrogens with one attached hydrogen (secondary N) is 1. The van der Waals surface area contributed by atoms with Crippen molar-refractivity contribution in [2.75, 3.05) is 19.0 Å². The number of amides is 2. The Morgan fingerprint density at radius 1 is 1.21 bits per heavy atom. The smallest absolute Gasteiger partial charge is 0.410 e. The maximum Gasteiger partial charge on any atom is 0.410 e. The van der Waals surface area contributed by atoms with Crippen LogP contribution in [0.25, 0.3) is 10.9 Å². The van der Waals surface area contributed by atoms with Crippen molar-refractivity contribution in [2.24, 2.45) is 5.73 Å². The zero-order valence-electron chi connectivity index (χ0n) is 21.5. The van der Waals surface area contributed by atoms with Crippen LogP contribution in [0.1, 0.15) is 33.6 Å². The van der Waals surface area contributed by atoms with Gasteiger partial charge in [-0.15, -0.1) is 0 Å². The number of hydrogen-bond acceptors (Lipinski definition) is 8. The van der Waals surface area contributed by atoms with Gasteiger partial charge in [0.15, 0.2) is 17.3 Å². The highest BCUT2D eigenvalue weighted by Gasteiger charge is 2.38. The Balaban J connectivity index is 1.61. The van der Waals surface area contributed by atoms with Crippen LogP contribution >= 0.6 is 11.6 Å². The third-order valence-electron chi connectivity index (χ3n) is 5.93. The van der Waals surface area contributed by atoms with Crippen molar-refractivity contribution >= 4 is 46.0 Å². The lowest BCUT2D eigenvalue weighted by Crippen LogP contribution is -2.55. The monoisotopic (exact) mass is 545 g/mol. The molecule has 0 radical (unpaired) electrons. The van der Waals surface area contributed by atoms with Crippen LogP contribution in [0.2, 0.25) is 5.02 Å². The van der Waals surface area contributed by atoms with E-state index in [2.05, 4.69) is 15.3 Å². The van der Waals surface area contributed by atoms with Crippen LogP contribution in [0.3, 0.4) is 0 Å². The van der Waals surface area contributed by atoms with Crippen LogP contribution in [0.4, 0.5) is 20.7 Å². The number of carbonyl (C=O) groups is 2. The Bertz CT molecular complexity index is 1370. The van der Waals surface area contributed by atoms with Crippen molar-refractivity contribution in [1.82, 2.24) is 14.9 Å². The first-order valence-corrected chi connectivity index (χ1v) is 12.3. The third-order valence-corrected chi connectivity index (χ3v) is 6.22. The molecule has 12 heteroatoms. The summed E-state index contributed by atoms with van der Waals surface area (Å²) in [6, 6.07) is 7.06. The van der Waals surface area contributed by atoms with Gasteiger partial charge in [-0.05, 0) is 39.0 Å². The Morgan fingerprint density at radius 3 is 2.66 bits per heavy atom. The number of nitrogens with two attached hydrogens (primary N) is 1. The third kappa shape index (κ3) is 5.99. The van der Waals surface area contributed by atoms with E-state index in [4.69, 9.17) is 31.5 Å². The number of piperidine rings is 1. The fourth-order valence-electron chi connectivity index (χ4n) is 4.17. The molecule has 1 aliphatic rings. The first-order valence-electron chi connectivity index (χ1n) is 12.0. The molecule has 1 fully saturated rings. The normalized spacial score (nSPS) is 17.7. The van der Waals surface area contributed by atoms with Gasteiger partial charge in [0.25, 0.3) is 0 Å². The summed E-state index contributed by atoms with van der Waals surface area (Å²) < 4.78 is 31.7. The number of primary amides is 1. The second-order valence-corrected chi connectivity index (χ2v) is 10.2. The van der Waals surface area contributed by atoms with E-state index in [-0.39, 0.29) is 23.7 Å². The number of hydrogen-bond donors (Lipinski definition) is 2. The topological polar surface area (TPSA) is 129 Å². The Hall–Kier alpha value is -3.86. The molecule has 3 N–H and O–H groups in total. The molecule has 1 saturated heterocycles. The van der Waals surface area contributed by atoms with Crippen molar-refractivity contribution in [3.05, 3.63) is 47.5 Å². The SMILES string of the molecule is COc1cc2ncnc(Nc3cccc(Cl)c3F)c2cc1O[C@@H]1CCN(C(=O)OC(C)(C)C)[C@@H](C(N)=O)C1. The number of likely N-dealkylation sites (tertiary alicyclic amines) is 1. The van der Waals surface area contributed by atoms with E-state index in [1.54, 1.807) is 45.0 Å². The molecule has 38 heavy (non-hydrogen) atoms. The summed E-state index contributed by atoms with van der Waals surface area (Å²) in [5.41, 5.74) is 5.59. The number of nitrogens with zero attached hydrogens (tertiary/aromatic N) is 3. The lowest BCUT2D eigenvalue weighted by Gasteiger charge is -2.38. The first kappa shape index (κ1) is 27.2. The summed E-state index contributed by atoms with van der Waals surface area (Å²) in [6.45, 7) is 5.46. The van der Waals surface area contributed by atoms with Crippen LogP contribution in [0, 0.1) is 5.82 Å². The van der Waals surface area contributed by atoms with Gasteiger partial charge in [-0.25, -0.2) is 19.2 Å². The Labute approximate surface area is 224 Å². The first-order chi connectivity index (χ1) is 18.0. The minimum absolute atomic E-state index is 0.0271. The van der Waals surface area contributed by atoms with Crippen molar-refractivity contribution in [3.63, 3.8) is 0 Å². The maximum atomic E-state index is 14.5. The molecule has 2 atom stereocenters. The van der Waals surface area contributed by atoms with Gasteiger partial charge in [-0.1, -0.05) is 17.7 Å². The van der Waals surface area contributed by atoms with Gasteiger partial charge in [-0.3, -0.25) is 9.69 Å². The van der Waals surface area contributed by atoms with Crippen LogP contribution < -0.4 is 20.5 Å². The molecule has 1 aromatic heterocycles. The number of rotatable bonds is 6. The molecule has 2 amide bonds. The molecule has 0 spiro atoms. The number of aromatic nitrogens is 2. The van der Waals surface area contributed by atoms with Gasteiger partial charge >= 0.3 is 6.09 Å². The molecule has 202 valence electrons. The van der Waals surface area contributed by atoms with E-state index in [1.807, 2.05) is 0 Å². The van der Waals surface area contributed by atoms with E-state index in [0.29, 0.717) is 34.6 Å². The molecule has 3 aromatic rings. The number of methoxy groups -OCH3 is 1. The van der Waals surface area contributed by atoms with E-state index < -0.39 is 35.6 Å². The summed E-state index contributed by atoms with van der Waals surface area (Å²) in [4.78, 5) is 34.8.